The van der Waals surface area contributed by atoms with Gasteiger partial charge < -0.3 is 4.74 Å². The van der Waals surface area contributed by atoms with Crippen molar-refractivity contribution in [3.63, 3.8) is 0 Å². The van der Waals surface area contributed by atoms with Crippen LogP contribution in [0.1, 0.15) is 19.4 Å². The normalized spacial score (nSPS) is 13.7. The van der Waals surface area contributed by atoms with Gasteiger partial charge >= 0.3 is 5.97 Å². The fourth-order valence-electron chi connectivity index (χ4n) is 2.10. The van der Waals surface area contributed by atoms with E-state index in [9.17, 15) is 13.6 Å². The van der Waals surface area contributed by atoms with Crippen molar-refractivity contribution in [2.45, 2.75) is 25.8 Å². The molecule has 0 N–H and O–H groups in total. The molecule has 0 saturated carbocycles. The van der Waals surface area contributed by atoms with Gasteiger partial charge in [0.25, 0.3) is 0 Å². The quantitative estimate of drug-likeness (QED) is 0.573. The van der Waals surface area contributed by atoms with Crippen molar-refractivity contribution in [3.8, 4) is 0 Å². The fourth-order valence-corrected chi connectivity index (χ4v) is 2.10. The predicted octanol–water partition coefficient (Wildman–Crippen LogP) is 4.61. The molecule has 2 aromatic carbocycles. The maximum absolute atomic E-state index is 13.0. The number of carbonyl (C=O) groups is 1. The average molecular weight is 332 g/mol. The van der Waals surface area contributed by atoms with Gasteiger partial charge in [-0.1, -0.05) is 12.1 Å². The smallest absolute Gasteiger partial charge is 0.302 e. The van der Waals surface area contributed by atoms with Gasteiger partial charge in [0, 0.05) is 13.3 Å². The molecule has 0 saturated heterocycles. The molecule has 2 rings (SSSR count). The topological polar surface area (TPSA) is 51.0 Å². The third kappa shape index (κ3) is 5.53. The average Bonchev–Trinajstić information content (AvgIpc) is 2.55. The van der Waals surface area contributed by atoms with Crippen molar-refractivity contribution in [2.24, 2.45) is 10.2 Å². The van der Waals surface area contributed by atoms with Crippen LogP contribution in [0, 0.1) is 11.6 Å². The number of halogens is 2. The first-order valence-corrected chi connectivity index (χ1v) is 7.43. The summed E-state index contributed by atoms with van der Waals surface area (Å²) in [6, 6.07) is 11.6. The van der Waals surface area contributed by atoms with Crippen LogP contribution in [-0.2, 0) is 16.0 Å². The molecule has 24 heavy (non-hydrogen) atoms. The first kappa shape index (κ1) is 17.7. The molecule has 0 aliphatic carbocycles. The molecule has 0 spiro atoms. The number of benzene rings is 2. The molecule has 6 heteroatoms. The zero-order valence-corrected chi connectivity index (χ0v) is 13.5. The molecular weight excluding hydrogens is 314 g/mol. The van der Waals surface area contributed by atoms with Gasteiger partial charge in [0.05, 0.1) is 5.69 Å². The first-order chi connectivity index (χ1) is 11.4. The minimum absolute atomic E-state index is 0.0321. The SMILES string of the molecule is CC(=O)OCC(C)(Cc1ccc(F)cc1)N=Nc1ccc(F)cc1. The van der Waals surface area contributed by atoms with Crippen molar-refractivity contribution in [2.75, 3.05) is 6.61 Å². The zero-order valence-electron chi connectivity index (χ0n) is 13.5. The Hall–Kier alpha value is -2.63. The van der Waals surface area contributed by atoms with Crippen molar-refractivity contribution < 1.29 is 18.3 Å². The fraction of sp³-hybridized carbons (Fsp3) is 0.278. The van der Waals surface area contributed by atoms with E-state index in [0.29, 0.717) is 12.1 Å². The highest BCUT2D eigenvalue weighted by Crippen LogP contribution is 2.22. The van der Waals surface area contributed by atoms with Gasteiger partial charge in [-0.3, -0.25) is 4.79 Å². The number of hydrogen-bond acceptors (Lipinski definition) is 4. The summed E-state index contributed by atoms with van der Waals surface area (Å²) in [5.41, 5.74) is 0.506. The molecule has 4 nitrogen and oxygen atoms in total. The van der Waals surface area contributed by atoms with Crippen molar-refractivity contribution in [3.05, 3.63) is 65.7 Å². The lowest BCUT2D eigenvalue weighted by atomic mass is 9.94. The zero-order chi connectivity index (χ0) is 17.6. The summed E-state index contributed by atoms with van der Waals surface area (Å²) in [6.45, 7) is 3.13. The third-order valence-electron chi connectivity index (χ3n) is 3.32. The molecule has 126 valence electrons. The van der Waals surface area contributed by atoms with Crippen molar-refractivity contribution in [1.29, 1.82) is 0 Å². The molecule has 2 aromatic rings. The van der Waals surface area contributed by atoms with E-state index in [4.69, 9.17) is 4.74 Å². The van der Waals surface area contributed by atoms with E-state index in [1.165, 1.54) is 43.3 Å². The Morgan fingerprint density at radius 3 is 2.12 bits per heavy atom. The van der Waals surface area contributed by atoms with E-state index in [1.54, 1.807) is 19.1 Å². The second-order valence-electron chi connectivity index (χ2n) is 5.76. The van der Waals surface area contributed by atoms with E-state index in [-0.39, 0.29) is 18.2 Å². The molecule has 0 aliphatic rings. The number of nitrogens with zero attached hydrogens (tertiary/aromatic N) is 2. The van der Waals surface area contributed by atoms with E-state index in [2.05, 4.69) is 10.2 Å². The summed E-state index contributed by atoms with van der Waals surface area (Å²) in [4.78, 5) is 11.1. The molecule has 0 aliphatic heterocycles. The Labute approximate surface area is 139 Å². The molecule has 0 aromatic heterocycles. The van der Waals surface area contributed by atoms with E-state index < -0.39 is 11.5 Å². The second kappa shape index (κ2) is 7.77. The molecule has 1 atom stereocenters. The summed E-state index contributed by atoms with van der Waals surface area (Å²) in [6.07, 6.45) is 0.408. The van der Waals surface area contributed by atoms with Gasteiger partial charge in [0.2, 0.25) is 0 Å². The molecule has 0 radical (unpaired) electrons. The highest BCUT2D eigenvalue weighted by atomic mass is 19.1. The van der Waals surface area contributed by atoms with Crippen LogP contribution in [0.5, 0.6) is 0 Å². The predicted molar refractivity (Wildman–Crippen MR) is 86.1 cm³/mol. The molecule has 0 bridgehead atoms. The third-order valence-corrected chi connectivity index (χ3v) is 3.32. The highest BCUT2D eigenvalue weighted by molar-refractivity contribution is 5.66. The molecule has 1 unspecified atom stereocenters. The van der Waals surface area contributed by atoms with Crippen LogP contribution in [0.25, 0.3) is 0 Å². The number of rotatable bonds is 6. The van der Waals surface area contributed by atoms with E-state index in [1.807, 2.05) is 0 Å². The van der Waals surface area contributed by atoms with Crippen LogP contribution in [0.2, 0.25) is 0 Å². The molecule has 0 fully saturated rings. The van der Waals surface area contributed by atoms with Crippen molar-refractivity contribution in [1.82, 2.24) is 0 Å². The van der Waals surface area contributed by atoms with Crippen LogP contribution in [-0.4, -0.2) is 18.1 Å². The molecule has 0 amide bonds. The van der Waals surface area contributed by atoms with Gasteiger partial charge in [-0.15, -0.1) is 0 Å². The Balaban J connectivity index is 2.19. The summed E-state index contributed by atoms with van der Waals surface area (Å²) in [5, 5.41) is 8.38. The van der Waals surface area contributed by atoms with E-state index in [0.717, 1.165) is 5.56 Å². The highest BCUT2D eigenvalue weighted by Gasteiger charge is 2.26. The largest absolute Gasteiger partial charge is 0.463 e. The van der Waals surface area contributed by atoms with Crippen LogP contribution in [0.3, 0.4) is 0 Å². The van der Waals surface area contributed by atoms with Gasteiger partial charge in [0.1, 0.15) is 23.8 Å². The molecule has 0 heterocycles. The lowest BCUT2D eigenvalue weighted by Crippen LogP contribution is -2.32. The number of ether oxygens (including phenoxy) is 1. The summed E-state index contributed by atoms with van der Waals surface area (Å²) in [5.74, 6) is -1.10. The summed E-state index contributed by atoms with van der Waals surface area (Å²) >= 11 is 0. The summed E-state index contributed by atoms with van der Waals surface area (Å²) in [7, 11) is 0. The molecular formula is C18H18F2N2O2. The Morgan fingerprint density at radius 1 is 1.04 bits per heavy atom. The maximum atomic E-state index is 13.0. The standard InChI is InChI=1S/C18H18F2N2O2/c1-13(23)24-12-18(2,11-14-3-5-15(19)6-4-14)22-21-17-9-7-16(20)8-10-17/h3-10H,11-12H2,1-2H3. The minimum Gasteiger partial charge on any atom is -0.463 e. The van der Waals surface area contributed by atoms with Crippen molar-refractivity contribution >= 4 is 11.7 Å². The first-order valence-electron chi connectivity index (χ1n) is 7.43. The lowest BCUT2D eigenvalue weighted by molar-refractivity contribution is -0.142. The number of carbonyl (C=O) groups excluding carboxylic acids is 1. The Morgan fingerprint density at radius 2 is 1.58 bits per heavy atom. The van der Waals surface area contributed by atoms with Gasteiger partial charge in [-0.05, 0) is 48.9 Å². The number of hydrogen-bond donors (Lipinski definition) is 0. The maximum Gasteiger partial charge on any atom is 0.302 e. The van der Waals surface area contributed by atoms with Crippen LogP contribution < -0.4 is 0 Å². The van der Waals surface area contributed by atoms with Crippen LogP contribution >= 0.6 is 0 Å². The van der Waals surface area contributed by atoms with Crippen LogP contribution in [0.15, 0.2) is 58.8 Å². The Kier molecular flexibility index (Phi) is 5.73. The van der Waals surface area contributed by atoms with Gasteiger partial charge in [0.15, 0.2) is 0 Å². The lowest BCUT2D eigenvalue weighted by Gasteiger charge is -2.23. The van der Waals surface area contributed by atoms with Gasteiger partial charge in [-0.25, -0.2) is 8.78 Å². The number of azo groups is 1. The minimum atomic E-state index is -0.822. The van der Waals surface area contributed by atoms with Gasteiger partial charge in [-0.2, -0.15) is 10.2 Å². The Bertz CT molecular complexity index is 715. The van der Waals surface area contributed by atoms with Crippen LogP contribution in [0.4, 0.5) is 14.5 Å². The second-order valence-corrected chi connectivity index (χ2v) is 5.76. The van der Waals surface area contributed by atoms with E-state index >= 15 is 0 Å². The summed E-state index contributed by atoms with van der Waals surface area (Å²) < 4.78 is 31.0. The number of esters is 1. The monoisotopic (exact) mass is 332 g/mol.